The van der Waals surface area contributed by atoms with Gasteiger partial charge in [-0.05, 0) is 42.3 Å². The van der Waals surface area contributed by atoms with Gasteiger partial charge in [-0.3, -0.25) is 9.19 Å². The second-order valence-electron chi connectivity index (χ2n) is 3.13. The van der Waals surface area contributed by atoms with Crippen LogP contribution >= 0.6 is 0 Å². The molecule has 1 aromatic heterocycles. The van der Waals surface area contributed by atoms with Crippen LogP contribution in [0.25, 0.3) is 10.9 Å². The highest BCUT2D eigenvalue weighted by Crippen LogP contribution is 2.28. The summed E-state index contributed by atoms with van der Waals surface area (Å²) in [6.07, 6.45) is 1.61. The molecule has 0 aliphatic heterocycles. The van der Waals surface area contributed by atoms with E-state index in [1.165, 1.54) is 6.07 Å². The highest BCUT2D eigenvalue weighted by atomic mass is 32.2. The molecule has 1 unspecified atom stereocenters. The highest BCUT2D eigenvalue weighted by molar-refractivity contribution is 7.79. The number of nitrogens with zero attached hydrogens (tertiary/aromatic N) is 1. The van der Waals surface area contributed by atoms with Gasteiger partial charge in [0.2, 0.25) is 0 Å². The average Bonchev–Trinajstić information content (AvgIpc) is 2.29. The summed E-state index contributed by atoms with van der Waals surface area (Å²) in [5.41, 5.74) is 0.575. The Morgan fingerprint density at radius 1 is 1.44 bits per heavy atom. The van der Waals surface area contributed by atoms with Crippen molar-refractivity contribution in [1.82, 2.24) is 4.98 Å². The Morgan fingerprint density at radius 2 is 2.25 bits per heavy atom. The summed E-state index contributed by atoms with van der Waals surface area (Å²) >= 11 is -2.26. The van der Waals surface area contributed by atoms with Gasteiger partial charge in [0.05, 0.1) is 6.61 Å². The van der Waals surface area contributed by atoms with E-state index in [0.29, 0.717) is 23.3 Å². The average molecular weight is 236 g/mol. The van der Waals surface area contributed by atoms with Gasteiger partial charge >= 0.3 is 0 Å². The van der Waals surface area contributed by atoms with Gasteiger partial charge in [0.15, 0.2) is 0 Å². The van der Waals surface area contributed by atoms with Crippen molar-refractivity contribution in [1.29, 1.82) is 0 Å². The molecule has 0 aliphatic rings. The van der Waals surface area contributed by atoms with Crippen molar-refractivity contribution in [3.8, 4) is 5.75 Å². The number of hydrogen-bond donors (Lipinski definition) is 0. The Kier molecular flexibility index (Phi) is 3.17. The summed E-state index contributed by atoms with van der Waals surface area (Å²) < 4.78 is 27.4. The summed E-state index contributed by atoms with van der Waals surface area (Å²) in [6, 6.07) is 6.58. The van der Waals surface area contributed by atoms with Crippen LogP contribution in [-0.2, 0) is 11.1 Å². The second kappa shape index (κ2) is 4.59. The fourth-order valence-corrected chi connectivity index (χ4v) is 2.06. The van der Waals surface area contributed by atoms with Crippen molar-refractivity contribution >= 4 is 22.0 Å². The molecule has 84 valence electrons. The van der Waals surface area contributed by atoms with Crippen molar-refractivity contribution in [2.45, 2.75) is 11.8 Å². The first-order chi connectivity index (χ1) is 7.74. The van der Waals surface area contributed by atoms with Crippen molar-refractivity contribution in [3.63, 3.8) is 0 Å². The number of aromatic nitrogens is 1. The van der Waals surface area contributed by atoms with E-state index in [0.717, 1.165) is 0 Å². The Bertz CT molecular complexity index is 542. The zero-order chi connectivity index (χ0) is 11.5. The summed E-state index contributed by atoms with van der Waals surface area (Å²) in [7, 11) is 0. The molecule has 0 spiro atoms. The quantitative estimate of drug-likeness (QED) is 0.763. The smallest absolute Gasteiger partial charge is 0.145 e. The van der Waals surface area contributed by atoms with Crippen molar-refractivity contribution in [2.75, 3.05) is 6.61 Å². The summed E-state index contributed by atoms with van der Waals surface area (Å²) in [4.78, 5) is 4.39. The second-order valence-corrected chi connectivity index (χ2v) is 4.04. The lowest BCUT2D eigenvalue weighted by Crippen LogP contribution is -1.97. The minimum Gasteiger partial charge on any atom is -0.768 e. The molecule has 1 atom stereocenters. The number of fused-ring (bicyclic) bond motifs is 1. The van der Waals surface area contributed by atoms with E-state index in [4.69, 9.17) is 4.74 Å². The molecular weight excluding hydrogens is 226 g/mol. The van der Waals surface area contributed by atoms with Crippen LogP contribution in [0.5, 0.6) is 5.75 Å². The fourth-order valence-electron chi connectivity index (χ4n) is 1.54. The molecule has 0 N–H and O–H groups in total. The van der Waals surface area contributed by atoms with Gasteiger partial charge < -0.3 is 9.29 Å². The molecule has 0 aliphatic carbocycles. The molecule has 2 rings (SSSR count). The van der Waals surface area contributed by atoms with E-state index in [9.17, 15) is 8.76 Å². The van der Waals surface area contributed by atoms with Crippen LogP contribution in [0.1, 0.15) is 6.92 Å². The largest absolute Gasteiger partial charge is 0.768 e. The van der Waals surface area contributed by atoms with Crippen molar-refractivity contribution in [2.24, 2.45) is 0 Å². The maximum absolute atomic E-state index is 11.0. The van der Waals surface area contributed by atoms with Gasteiger partial charge in [-0.2, -0.15) is 0 Å². The van der Waals surface area contributed by atoms with E-state index in [-0.39, 0.29) is 4.90 Å². The normalized spacial score (nSPS) is 12.6. The maximum Gasteiger partial charge on any atom is 0.145 e. The molecular formula is C11H10NO3S-. The molecule has 4 nitrogen and oxygen atoms in total. The van der Waals surface area contributed by atoms with E-state index in [1.807, 2.05) is 6.92 Å². The van der Waals surface area contributed by atoms with Gasteiger partial charge in [-0.15, -0.1) is 0 Å². The van der Waals surface area contributed by atoms with Gasteiger partial charge in [-0.1, -0.05) is 0 Å². The predicted molar refractivity (Wildman–Crippen MR) is 60.1 cm³/mol. The zero-order valence-electron chi connectivity index (χ0n) is 8.67. The molecule has 0 radical (unpaired) electrons. The third kappa shape index (κ3) is 1.91. The number of pyridine rings is 1. The number of rotatable bonds is 3. The standard InChI is InChI=1S/C11H11NO3S/c1-2-15-9-5-6-10(16(13)14)8-4-3-7-12-11(8)9/h3-7H,2H2,1H3,(H,13,14)/p-1. The lowest BCUT2D eigenvalue weighted by Gasteiger charge is -2.11. The summed E-state index contributed by atoms with van der Waals surface area (Å²) in [5.74, 6) is 0.604. The first-order valence-electron chi connectivity index (χ1n) is 4.84. The Labute approximate surface area is 95.6 Å². The van der Waals surface area contributed by atoms with Crippen LogP contribution < -0.4 is 4.74 Å². The number of benzene rings is 1. The minimum atomic E-state index is -2.26. The minimum absolute atomic E-state index is 0.242. The molecule has 0 amide bonds. The fraction of sp³-hybridized carbons (Fsp3) is 0.182. The van der Waals surface area contributed by atoms with Gasteiger partial charge in [0.25, 0.3) is 0 Å². The lowest BCUT2D eigenvalue weighted by molar-refractivity contribution is 0.343. The van der Waals surface area contributed by atoms with Crippen molar-refractivity contribution in [3.05, 3.63) is 30.5 Å². The van der Waals surface area contributed by atoms with Gasteiger partial charge in [-0.25, -0.2) is 0 Å². The van der Waals surface area contributed by atoms with Crippen LogP contribution in [0.3, 0.4) is 0 Å². The summed E-state index contributed by atoms with van der Waals surface area (Å²) in [5, 5.41) is 0.585. The molecule has 0 bridgehead atoms. The van der Waals surface area contributed by atoms with Crippen molar-refractivity contribution < 1.29 is 13.5 Å². The highest BCUT2D eigenvalue weighted by Gasteiger charge is 2.07. The Balaban J connectivity index is 2.71. The van der Waals surface area contributed by atoms with Gasteiger partial charge in [0, 0.05) is 16.5 Å². The molecule has 0 saturated carbocycles. The SMILES string of the molecule is CCOc1ccc(S(=O)[O-])c2cccnc12. The number of hydrogen-bond acceptors (Lipinski definition) is 4. The molecule has 5 heteroatoms. The summed E-state index contributed by atoms with van der Waals surface area (Å²) in [6.45, 7) is 2.39. The first kappa shape index (κ1) is 11.0. The number of ether oxygens (including phenoxy) is 1. The Hall–Kier alpha value is -1.46. The van der Waals surface area contributed by atoms with E-state index >= 15 is 0 Å². The topological polar surface area (TPSA) is 62.2 Å². The Morgan fingerprint density at radius 3 is 2.94 bits per heavy atom. The molecule has 16 heavy (non-hydrogen) atoms. The molecule has 0 saturated heterocycles. The van der Waals surface area contributed by atoms with Crippen LogP contribution in [0.2, 0.25) is 0 Å². The third-order valence-corrected chi connectivity index (χ3v) is 2.89. The third-order valence-electron chi connectivity index (χ3n) is 2.17. The monoisotopic (exact) mass is 236 g/mol. The van der Waals surface area contributed by atoms with Crippen LogP contribution in [0.15, 0.2) is 35.4 Å². The van der Waals surface area contributed by atoms with Crippen LogP contribution in [-0.4, -0.2) is 20.4 Å². The molecule has 1 aromatic carbocycles. The predicted octanol–water partition coefficient (Wildman–Crippen LogP) is 1.87. The first-order valence-corrected chi connectivity index (χ1v) is 5.91. The van der Waals surface area contributed by atoms with Crippen LogP contribution in [0, 0.1) is 0 Å². The lowest BCUT2D eigenvalue weighted by atomic mass is 10.2. The molecule has 0 fully saturated rings. The molecule has 1 heterocycles. The van der Waals surface area contributed by atoms with E-state index < -0.39 is 11.1 Å². The van der Waals surface area contributed by atoms with Gasteiger partial charge in [0.1, 0.15) is 11.3 Å². The van der Waals surface area contributed by atoms with Crippen LogP contribution in [0.4, 0.5) is 0 Å². The zero-order valence-corrected chi connectivity index (χ0v) is 9.49. The molecule has 2 aromatic rings. The van der Waals surface area contributed by atoms with E-state index in [1.54, 1.807) is 24.4 Å². The maximum atomic E-state index is 11.0. The van der Waals surface area contributed by atoms with E-state index in [2.05, 4.69) is 4.98 Å².